The van der Waals surface area contributed by atoms with Gasteiger partial charge in [0, 0.05) is 16.6 Å². The van der Waals surface area contributed by atoms with E-state index in [1.807, 2.05) is 0 Å². The molecule has 0 aliphatic heterocycles. The quantitative estimate of drug-likeness (QED) is 0.210. The van der Waals surface area contributed by atoms with Crippen LogP contribution in [-0.4, -0.2) is 31.5 Å². The molecule has 0 fully saturated rings. The highest BCUT2D eigenvalue weighted by molar-refractivity contribution is 9.10. The van der Waals surface area contributed by atoms with Gasteiger partial charge in [-0.3, -0.25) is 14.9 Å². The fourth-order valence-electron chi connectivity index (χ4n) is 2.22. The van der Waals surface area contributed by atoms with E-state index in [-0.39, 0.29) is 29.8 Å². The molecule has 3 N–H and O–H groups in total. The Balaban J connectivity index is 1.54. The van der Waals surface area contributed by atoms with Crippen LogP contribution in [0, 0.1) is 15.9 Å². The number of rotatable bonds is 8. The first kappa shape index (κ1) is 21.5. The highest BCUT2D eigenvalue weighted by atomic mass is 79.9. The Morgan fingerprint density at radius 3 is 2.70 bits per heavy atom. The number of amides is 1. The molecule has 1 amide bonds. The van der Waals surface area contributed by atoms with Gasteiger partial charge in [0.05, 0.1) is 16.4 Å². The molecule has 0 spiro atoms. The van der Waals surface area contributed by atoms with Gasteiger partial charge in [-0.1, -0.05) is 11.8 Å². The Morgan fingerprint density at radius 2 is 2.03 bits per heavy atom. The van der Waals surface area contributed by atoms with Gasteiger partial charge in [0.25, 0.3) is 5.69 Å². The maximum absolute atomic E-state index is 12.9. The van der Waals surface area contributed by atoms with E-state index in [9.17, 15) is 19.3 Å². The molecule has 0 atom stereocenters. The van der Waals surface area contributed by atoms with Crippen molar-refractivity contribution in [3.05, 3.63) is 68.7 Å². The average Bonchev–Trinajstić information content (AvgIpc) is 3.07. The lowest BCUT2D eigenvalue weighted by atomic mass is 10.3. The van der Waals surface area contributed by atoms with Crippen LogP contribution in [-0.2, 0) is 11.4 Å². The number of anilines is 1. The van der Waals surface area contributed by atoms with E-state index in [1.54, 1.807) is 0 Å². The second kappa shape index (κ2) is 9.54. The van der Waals surface area contributed by atoms with Crippen molar-refractivity contribution < 1.29 is 18.8 Å². The minimum absolute atomic E-state index is 0.0115. The van der Waals surface area contributed by atoms with Gasteiger partial charge in [0.1, 0.15) is 18.2 Å². The Labute approximate surface area is 181 Å². The number of hydrogen-bond acceptors (Lipinski definition) is 8. The van der Waals surface area contributed by atoms with E-state index in [0.29, 0.717) is 26.9 Å². The number of carbonyl (C=O) groups is 1. The van der Waals surface area contributed by atoms with Crippen molar-refractivity contribution in [2.75, 3.05) is 16.9 Å². The van der Waals surface area contributed by atoms with E-state index in [0.717, 1.165) is 11.8 Å². The Bertz CT molecular complexity index is 1080. The third kappa shape index (κ3) is 5.45. The maximum Gasteiger partial charge on any atom is 0.270 e. The van der Waals surface area contributed by atoms with Crippen LogP contribution in [0.3, 0.4) is 0 Å². The van der Waals surface area contributed by atoms with Crippen molar-refractivity contribution >= 4 is 45.0 Å². The lowest BCUT2D eigenvalue weighted by Gasteiger charge is -2.08. The lowest BCUT2D eigenvalue weighted by Crippen LogP contribution is -2.18. The zero-order valence-electron chi connectivity index (χ0n) is 15.1. The van der Waals surface area contributed by atoms with Crippen LogP contribution >= 0.6 is 27.7 Å². The number of nitrogens with one attached hydrogen (secondary N) is 1. The number of nitrogen functional groups attached to an aromatic ring is 1. The number of aromatic nitrogens is 3. The molecule has 1 aromatic heterocycles. The van der Waals surface area contributed by atoms with Crippen LogP contribution in [0.4, 0.5) is 15.8 Å². The fourth-order valence-corrected chi connectivity index (χ4v) is 3.36. The number of nitro benzene ring substituents is 1. The van der Waals surface area contributed by atoms with Gasteiger partial charge >= 0.3 is 0 Å². The van der Waals surface area contributed by atoms with E-state index < -0.39 is 4.92 Å². The molecule has 0 aliphatic carbocycles. The molecule has 3 aromatic rings. The second-order valence-electron chi connectivity index (χ2n) is 5.77. The number of halogens is 2. The van der Waals surface area contributed by atoms with Gasteiger partial charge in [0.15, 0.2) is 5.82 Å². The summed E-state index contributed by atoms with van der Waals surface area (Å²) in [6.07, 6.45) is 0. The molecule has 2 aromatic carbocycles. The number of benzene rings is 2. The largest absolute Gasteiger partial charge is 0.486 e. The standard InChI is InChI=1S/C17H14BrFN6O4S/c18-13-7-11(25(27)28)3-6-14(13)21-16(26)9-30-17-23-22-15(24(17)20)8-29-12-4-1-10(19)2-5-12/h1-7H,8-9,20H2,(H,21,26). The molecule has 10 nitrogen and oxygen atoms in total. The van der Waals surface area contributed by atoms with Gasteiger partial charge in [-0.2, -0.15) is 0 Å². The number of nitrogens with zero attached hydrogens (tertiary/aromatic N) is 4. The van der Waals surface area contributed by atoms with Crippen LogP contribution in [0.5, 0.6) is 5.75 Å². The molecule has 0 radical (unpaired) electrons. The molecule has 3 rings (SSSR count). The van der Waals surface area contributed by atoms with Crippen molar-refractivity contribution in [1.29, 1.82) is 0 Å². The van der Waals surface area contributed by atoms with Crippen LogP contribution < -0.4 is 15.9 Å². The summed E-state index contributed by atoms with van der Waals surface area (Å²) in [4.78, 5) is 22.4. The van der Waals surface area contributed by atoms with Crippen molar-refractivity contribution in [1.82, 2.24) is 14.9 Å². The van der Waals surface area contributed by atoms with Crippen LogP contribution in [0.25, 0.3) is 0 Å². The predicted octanol–water partition coefficient (Wildman–Crippen LogP) is 3.11. The summed E-state index contributed by atoms with van der Waals surface area (Å²) >= 11 is 4.24. The molecule has 30 heavy (non-hydrogen) atoms. The minimum Gasteiger partial charge on any atom is -0.486 e. The zero-order valence-corrected chi connectivity index (χ0v) is 17.5. The Morgan fingerprint density at radius 1 is 1.30 bits per heavy atom. The van der Waals surface area contributed by atoms with Crippen molar-refractivity contribution in [3.63, 3.8) is 0 Å². The topological polar surface area (TPSA) is 138 Å². The molecule has 13 heteroatoms. The maximum atomic E-state index is 12.9. The van der Waals surface area contributed by atoms with Gasteiger partial charge in [-0.15, -0.1) is 10.2 Å². The monoisotopic (exact) mass is 496 g/mol. The smallest absolute Gasteiger partial charge is 0.270 e. The number of ether oxygens (including phenoxy) is 1. The molecule has 0 bridgehead atoms. The summed E-state index contributed by atoms with van der Waals surface area (Å²) < 4.78 is 20.0. The summed E-state index contributed by atoms with van der Waals surface area (Å²) in [5.74, 6) is 5.94. The number of nitrogens with two attached hydrogens (primary N) is 1. The van der Waals surface area contributed by atoms with E-state index in [4.69, 9.17) is 10.6 Å². The van der Waals surface area contributed by atoms with Gasteiger partial charge in [-0.05, 0) is 46.3 Å². The summed E-state index contributed by atoms with van der Waals surface area (Å²) in [5.41, 5.74) is 0.301. The highest BCUT2D eigenvalue weighted by Gasteiger charge is 2.15. The SMILES string of the molecule is Nn1c(COc2ccc(F)cc2)nnc1SCC(=O)Nc1ccc([N+](=O)[O-])cc1Br. The first-order valence-corrected chi connectivity index (χ1v) is 10.1. The molecule has 0 saturated heterocycles. The first-order chi connectivity index (χ1) is 14.3. The predicted molar refractivity (Wildman–Crippen MR) is 111 cm³/mol. The van der Waals surface area contributed by atoms with E-state index >= 15 is 0 Å². The van der Waals surface area contributed by atoms with Crippen molar-refractivity contribution in [2.24, 2.45) is 0 Å². The van der Waals surface area contributed by atoms with Gasteiger partial charge in [-0.25, -0.2) is 9.07 Å². The molecule has 1 heterocycles. The number of non-ortho nitro benzene ring substituents is 1. The lowest BCUT2D eigenvalue weighted by molar-refractivity contribution is -0.384. The molecular formula is C17H14BrFN6O4S. The molecule has 0 saturated carbocycles. The fraction of sp³-hybridized carbons (Fsp3) is 0.118. The number of hydrogen-bond donors (Lipinski definition) is 2. The first-order valence-electron chi connectivity index (χ1n) is 8.28. The average molecular weight is 497 g/mol. The van der Waals surface area contributed by atoms with Crippen LogP contribution in [0.15, 0.2) is 52.1 Å². The minimum atomic E-state index is -0.530. The Hall–Kier alpha value is -3.19. The number of carbonyl (C=O) groups excluding carboxylic acids is 1. The normalized spacial score (nSPS) is 10.6. The third-order valence-electron chi connectivity index (χ3n) is 3.69. The zero-order chi connectivity index (χ0) is 21.7. The van der Waals surface area contributed by atoms with Crippen LogP contribution in [0.1, 0.15) is 5.82 Å². The van der Waals surface area contributed by atoms with Crippen LogP contribution in [0.2, 0.25) is 0 Å². The third-order valence-corrected chi connectivity index (χ3v) is 5.29. The molecular weight excluding hydrogens is 483 g/mol. The van der Waals surface area contributed by atoms with E-state index in [2.05, 4.69) is 31.4 Å². The summed E-state index contributed by atoms with van der Waals surface area (Å²) in [7, 11) is 0. The van der Waals surface area contributed by atoms with Gasteiger partial charge < -0.3 is 15.9 Å². The summed E-state index contributed by atoms with van der Waals surface area (Å²) in [6.45, 7) is 0.0115. The molecule has 0 aliphatic rings. The molecule has 0 unspecified atom stereocenters. The molecule has 156 valence electrons. The number of nitro groups is 1. The Kier molecular flexibility index (Phi) is 6.84. The van der Waals surface area contributed by atoms with E-state index in [1.165, 1.54) is 47.1 Å². The highest BCUT2D eigenvalue weighted by Crippen LogP contribution is 2.27. The summed E-state index contributed by atoms with van der Waals surface area (Å²) in [5, 5.41) is 21.5. The summed E-state index contributed by atoms with van der Waals surface area (Å²) in [6, 6.07) is 9.51. The van der Waals surface area contributed by atoms with Gasteiger partial charge in [0.2, 0.25) is 11.1 Å². The van der Waals surface area contributed by atoms with Crippen molar-refractivity contribution in [3.8, 4) is 5.75 Å². The van der Waals surface area contributed by atoms with Crippen molar-refractivity contribution in [2.45, 2.75) is 11.8 Å². The second-order valence-corrected chi connectivity index (χ2v) is 7.57. The number of thioether (sulfide) groups is 1.